The number of aryl methyl sites for hydroxylation is 2. The molecule has 0 amide bonds. The molecule has 0 aliphatic carbocycles. The number of rotatable bonds is 4. The van der Waals surface area contributed by atoms with Gasteiger partial charge in [0.1, 0.15) is 5.82 Å². The molecule has 0 aliphatic heterocycles. The largest absolute Gasteiger partial charge is 0.313 e. The van der Waals surface area contributed by atoms with Crippen LogP contribution < -0.4 is 5.32 Å². The van der Waals surface area contributed by atoms with Crippen molar-refractivity contribution < 1.29 is 4.39 Å². The van der Waals surface area contributed by atoms with Gasteiger partial charge in [0.15, 0.2) is 0 Å². The van der Waals surface area contributed by atoms with Gasteiger partial charge in [-0.05, 0) is 50.1 Å². The first-order chi connectivity index (χ1) is 9.10. The summed E-state index contributed by atoms with van der Waals surface area (Å²) in [6.45, 7) is 3.87. The molecule has 2 heteroatoms. The Morgan fingerprint density at radius 1 is 1.11 bits per heavy atom. The van der Waals surface area contributed by atoms with Crippen LogP contribution in [-0.4, -0.2) is 7.05 Å². The van der Waals surface area contributed by atoms with Gasteiger partial charge in [-0.25, -0.2) is 4.39 Å². The molecule has 0 saturated heterocycles. The highest BCUT2D eigenvalue weighted by Crippen LogP contribution is 2.21. The van der Waals surface area contributed by atoms with Crippen LogP contribution in [0.1, 0.15) is 28.3 Å². The average molecular weight is 257 g/mol. The second-order valence-electron chi connectivity index (χ2n) is 5.04. The molecular weight excluding hydrogens is 237 g/mol. The van der Waals surface area contributed by atoms with Crippen LogP contribution in [0.3, 0.4) is 0 Å². The molecule has 0 spiro atoms. The second-order valence-corrected chi connectivity index (χ2v) is 5.04. The zero-order valence-corrected chi connectivity index (χ0v) is 11.7. The van der Waals surface area contributed by atoms with Gasteiger partial charge in [0, 0.05) is 6.04 Å². The molecule has 0 radical (unpaired) electrons. The maximum atomic E-state index is 13.7. The Labute approximate surface area is 114 Å². The summed E-state index contributed by atoms with van der Waals surface area (Å²) in [6.07, 6.45) is 0.862. The SMILES string of the molecule is CNC(Cc1cccc(C)c1)c1ccc(C)c(F)c1. The monoisotopic (exact) mass is 257 g/mol. The van der Waals surface area contributed by atoms with Crippen molar-refractivity contribution >= 4 is 0 Å². The fourth-order valence-corrected chi connectivity index (χ4v) is 2.29. The Morgan fingerprint density at radius 2 is 1.89 bits per heavy atom. The first-order valence-electron chi connectivity index (χ1n) is 6.59. The van der Waals surface area contributed by atoms with E-state index in [-0.39, 0.29) is 11.9 Å². The molecule has 2 aromatic rings. The van der Waals surface area contributed by atoms with Crippen molar-refractivity contribution in [2.45, 2.75) is 26.3 Å². The van der Waals surface area contributed by atoms with Crippen LogP contribution in [-0.2, 0) is 6.42 Å². The van der Waals surface area contributed by atoms with Crippen molar-refractivity contribution in [3.63, 3.8) is 0 Å². The maximum absolute atomic E-state index is 13.7. The van der Waals surface area contributed by atoms with E-state index >= 15 is 0 Å². The Bertz CT molecular complexity index is 563. The minimum Gasteiger partial charge on any atom is -0.313 e. The minimum absolute atomic E-state index is 0.136. The third-order valence-electron chi connectivity index (χ3n) is 3.47. The van der Waals surface area contributed by atoms with Gasteiger partial charge in [-0.3, -0.25) is 0 Å². The summed E-state index contributed by atoms with van der Waals surface area (Å²) in [5.74, 6) is -0.137. The molecule has 0 saturated carbocycles. The van der Waals surface area contributed by atoms with Crippen molar-refractivity contribution in [3.05, 3.63) is 70.5 Å². The standard InChI is InChI=1S/C17H20FN/c1-12-5-4-6-14(9-12)10-17(19-3)15-8-7-13(2)16(18)11-15/h4-9,11,17,19H,10H2,1-3H3. The summed E-state index contributed by atoms with van der Waals surface area (Å²) in [6, 6.07) is 14.0. The Hall–Kier alpha value is -1.67. The molecule has 100 valence electrons. The lowest BCUT2D eigenvalue weighted by molar-refractivity contribution is 0.574. The molecule has 1 nitrogen and oxygen atoms in total. The third kappa shape index (κ3) is 3.42. The van der Waals surface area contributed by atoms with E-state index in [9.17, 15) is 4.39 Å². The van der Waals surface area contributed by atoms with Crippen molar-refractivity contribution in [2.75, 3.05) is 7.05 Å². The maximum Gasteiger partial charge on any atom is 0.126 e. The van der Waals surface area contributed by atoms with Crippen LogP contribution in [0.4, 0.5) is 4.39 Å². The molecule has 0 aliphatic rings. The van der Waals surface area contributed by atoms with Gasteiger partial charge in [0.2, 0.25) is 0 Å². The van der Waals surface area contributed by atoms with E-state index in [1.54, 1.807) is 13.0 Å². The second kappa shape index (κ2) is 5.98. The van der Waals surface area contributed by atoms with Crippen LogP contribution in [0.2, 0.25) is 0 Å². The zero-order chi connectivity index (χ0) is 13.8. The highest BCUT2D eigenvalue weighted by molar-refractivity contribution is 5.29. The molecule has 1 atom stereocenters. The normalized spacial score (nSPS) is 12.4. The van der Waals surface area contributed by atoms with Gasteiger partial charge in [-0.1, -0.05) is 42.0 Å². The summed E-state index contributed by atoms with van der Waals surface area (Å²) in [5, 5.41) is 3.27. The number of benzene rings is 2. The quantitative estimate of drug-likeness (QED) is 0.874. The summed E-state index contributed by atoms with van der Waals surface area (Å²) in [4.78, 5) is 0. The summed E-state index contributed by atoms with van der Waals surface area (Å²) < 4.78 is 13.7. The highest BCUT2D eigenvalue weighted by Gasteiger charge is 2.11. The lowest BCUT2D eigenvalue weighted by atomic mass is 9.97. The fraction of sp³-hybridized carbons (Fsp3) is 0.294. The van der Waals surface area contributed by atoms with E-state index in [0.29, 0.717) is 5.56 Å². The number of hydrogen-bond donors (Lipinski definition) is 1. The lowest BCUT2D eigenvalue weighted by Gasteiger charge is -2.17. The first kappa shape index (κ1) is 13.8. The van der Waals surface area contributed by atoms with Crippen LogP contribution in [0.5, 0.6) is 0 Å². The average Bonchev–Trinajstić information content (AvgIpc) is 2.39. The molecule has 2 rings (SSSR count). The molecule has 2 aromatic carbocycles. The van der Waals surface area contributed by atoms with Gasteiger partial charge in [-0.2, -0.15) is 0 Å². The van der Waals surface area contributed by atoms with Gasteiger partial charge in [0.25, 0.3) is 0 Å². The molecule has 1 N–H and O–H groups in total. The Kier molecular flexibility index (Phi) is 4.33. The molecule has 0 bridgehead atoms. The summed E-state index contributed by atoms with van der Waals surface area (Å²) >= 11 is 0. The van der Waals surface area contributed by atoms with Crippen LogP contribution >= 0.6 is 0 Å². The van der Waals surface area contributed by atoms with Gasteiger partial charge < -0.3 is 5.32 Å². The minimum atomic E-state index is -0.137. The van der Waals surface area contributed by atoms with Crippen LogP contribution in [0, 0.1) is 19.7 Å². The molecule has 0 heterocycles. The van der Waals surface area contributed by atoms with Crippen molar-refractivity contribution in [1.29, 1.82) is 0 Å². The molecular formula is C17H20FN. The van der Waals surface area contributed by atoms with E-state index in [1.807, 2.05) is 19.2 Å². The van der Waals surface area contributed by atoms with E-state index in [2.05, 4.69) is 36.5 Å². The predicted octanol–water partition coefficient (Wildman–Crippen LogP) is 3.95. The van der Waals surface area contributed by atoms with Gasteiger partial charge in [0.05, 0.1) is 0 Å². The number of halogens is 1. The number of nitrogens with one attached hydrogen (secondary N) is 1. The molecule has 0 fully saturated rings. The van der Waals surface area contributed by atoms with Crippen molar-refractivity contribution in [3.8, 4) is 0 Å². The molecule has 19 heavy (non-hydrogen) atoms. The predicted molar refractivity (Wildman–Crippen MR) is 77.8 cm³/mol. The molecule has 0 aromatic heterocycles. The number of likely N-dealkylation sites (N-methyl/N-ethyl adjacent to an activating group) is 1. The molecule has 1 unspecified atom stereocenters. The number of hydrogen-bond acceptors (Lipinski definition) is 1. The first-order valence-corrected chi connectivity index (χ1v) is 6.59. The van der Waals surface area contributed by atoms with E-state index in [1.165, 1.54) is 11.1 Å². The van der Waals surface area contributed by atoms with Crippen molar-refractivity contribution in [1.82, 2.24) is 5.32 Å². The van der Waals surface area contributed by atoms with Crippen molar-refractivity contribution in [2.24, 2.45) is 0 Å². The van der Waals surface area contributed by atoms with Crippen LogP contribution in [0.15, 0.2) is 42.5 Å². The zero-order valence-electron chi connectivity index (χ0n) is 11.7. The summed E-state index contributed by atoms with van der Waals surface area (Å²) in [7, 11) is 1.91. The smallest absolute Gasteiger partial charge is 0.126 e. The van der Waals surface area contributed by atoms with E-state index in [0.717, 1.165) is 12.0 Å². The Balaban J connectivity index is 2.22. The summed E-state index contributed by atoms with van der Waals surface area (Å²) in [5.41, 5.74) is 4.20. The van der Waals surface area contributed by atoms with E-state index in [4.69, 9.17) is 0 Å². The Morgan fingerprint density at radius 3 is 2.53 bits per heavy atom. The lowest BCUT2D eigenvalue weighted by Crippen LogP contribution is -2.19. The van der Waals surface area contributed by atoms with Gasteiger partial charge >= 0.3 is 0 Å². The topological polar surface area (TPSA) is 12.0 Å². The van der Waals surface area contributed by atoms with E-state index < -0.39 is 0 Å². The van der Waals surface area contributed by atoms with Crippen LogP contribution in [0.25, 0.3) is 0 Å². The fourth-order valence-electron chi connectivity index (χ4n) is 2.29. The third-order valence-corrected chi connectivity index (χ3v) is 3.47. The highest BCUT2D eigenvalue weighted by atomic mass is 19.1. The van der Waals surface area contributed by atoms with Gasteiger partial charge in [-0.15, -0.1) is 0 Å².